The topological polar surface area (TPSA) is 32.3 Å². The van der Waals surface area contributed by atoms with Crippen LogP contribution in [0, 0.1) is 5.92 Å². The van der Waals surface area contributed by atoms with E-state index in [9.17, 15) is 13.6 Å². The predicted molar refractivity (Wildman–Crippen MR) is 60.9 cm³/mol. The van der Waals surface area contributed by atoms with E-state index in [1.54, 1.807) is 4.90 Å². The highest BCUT2D eigenvalue weighted by Crippen LogP contribution is 2.37. The normalized spacial score (nSPS) is 33.5. The summed E-state index contributed by atoms with van der Waals surface area (Å²) in [5, 5.41) is 3.20. The lowest BCUT2D eigenvalue weighted by Gasteiger charge is -2.38. The Labute approximate surface area is 101 Å². The number of nitrogens with one attached hydrogen (secondary N) is 1. The van der Waals surface area contributed by atoms with E-state index >= 15 is 0 Å². The van der Waals surface area contributed by atoms with Crippen LogP contribution in [0.15, 0.2) is 0 Å². The van der Waals surface area contributed by atoms with Gasteiger partial charge in [0.1, 0.15) is 0 Å². The van der Waals surface area contributed by atoms with Crippen LogP contribution in [-0.2, 0) is 4.79 Å². The van der Waals surface area contributed by atoms with Crippen molar-refractivity contribution in [1.82, 2.24) is 10.2 Å². The summed E-state index contributed by atoms with van der Waals surface area (Å²) in [6, 6.07) is 0.117. The lowest BCUT2D eigenvalue weighted by atomic mass is 9.85. The van der Waals surface area contributed by atoms with Crippen LogP contribution in [0.3, 0.4) is 0 Å². The summed E-state index contributed by atoms with van der Waals surface area (Å²) in [5.74, 6) is -3.19. The second-order valence-corrected chi connectivity index (χ2v) is 5.23. The standard InChI is InChI=1S/C12H20F2N2O/c1-9-8-15-5-6-16(9)11(17)10-3-2-4-12(13,14)7-10/h9-10,15H,2-8H2,1H3. The number of hydrogen-bond acceptors (Lipinski definition) is 2. The lowest BCUT2D eigenvalue weighted by Crippen LogP contribution is -2.54. The number of halogens is 2. The second kappa shape index (κ2) is 4.88. The average molecular weight is 246 g/mol. The molecule has 1 heterocycles. The number of amides is 1. The molecule has 2 aliphatic rings. The third-order valence-electron chi connectivity index (χ3n) is 3.77. The Bertz CT molecular complexity index is 296. The zero-order valence-corrected chi connectivity index (χ0v) is 10.2. The highest BCUT2D eigenvalue weighted by molar-refractivity contribution is 5.79. The van der Waals surface area contributed by atoms with Gasteiger partial charge in [-0.05, 0) is 19.8 Å². The third kappa shape index (κ3) is 2.94. The van der Waals surface area contributed by atoms with Gasteiger partial charge < -0.3 is 10.2 Å². The summed E-state index contributed by atoms with van der Waals surface area (Å²) in [7, 11) is 0. The van der Waals surface area contributed by atoms with Gasteiger partial charge in [-0.3, -0.25) is 4.79 Å². The molecule has 2 fully saturated rings. The molecule has 1 amide bonds. The molecule has 2 atom stereocenters. The molecule has 0 aromatic rings. The number of rotatable bonds is 1. The van der Waals surface area contributed by atoms with Crippen LogP contribution in [-0.4, -0.2) is 42.4 Å². The van der Waals surface area contributed by atoms with Crippen LogP contribution in [0.25, 0.3) is 0 Å². The van der Waals surface area contributed by atoms with Gasteiger partial charge in [0, 0.05) is 44.4 Å². The smallest absolute Gasteiger partial charge is 0.248 e. The fourth-order valence-electron chi connectivity index (χ4n) is 2.79. The van der Waals surface area contributed by atoms with E-state index in [0.717, 1.165) is 13.1 Å². The summed E-state index contributed by atoms with van der Waals surface area (Å²) >= 11 is 0. The minimum Gasteiger partial charge on any atom is -0.337 e. The first kappa shape index (κ1) is 12.7. The molecule has 1 saturated carbocycles. The van der Waals surface area contributed by atoms with Crippen molar-refractivity contribution in [2.45, 2.75) is 44.6 Å². The first-order chi connectivity index (χ1) is 7.99. The highest BCUT2D eigenvalue weighted by Gasteiger charge is 2.41. The van der Waals surface area contributed by atoms with E-state index in [2.05, 4.69) is 5.32 Å². The summed E-state index contributed by atoms with van der Waals surface area (Å²) < 4.78 is 26.6. The van der Waals surface area contributed by atoms with Crippen LogP contribution >= 0.6 is 0 Å². The van der Waals surface area contributed by atoms with Crippen molar-refractivity contribution in [2.24, 2.45) is 5.92 Å². The Morgan fingerprint density at radius 1 is 1.47 bits per heavy atom. The Balaban J connectivity index is 1.99. The molecule has 1 saturated heterocycles. The SMILES string of the molecule is CC1CNCCN1C(=O)C1CCCC(F)(F)C1. The average Bonchev–Trinajstić information content (AvgIpc) is 2.27. The maximum atomic E-state index is 13.3. The van der Waals surface area contributed by atoms with Crippen molar-refractivity contribution in [3.63, 3.8) is 0 Å². The quantitative estimate of drug-likeness (QED) is 0.762. The monoisotopic (exact) mass is 246 g/mol. The van der Waals surface area contributed by atoms with Gasteiger partial charge in [-0.25, -0.2) is 8.78 Å². The van der Waals surface area contributed by atoms with Crippen LogP contribution in [0.4, 0.5) is 8.78 Å². The van der Waals surface area contributed by atoms with Crippen molar-refractivity contribution in [3.05, 3.63) is 0 Å². The van der Waals surface area contributed by atoms with Gasteiger partial charge >= 0.3 is 0 Å². The van der Waals surface area contributed by atoms with Gasteiger partial charge in [0.15, 0.2) is 0 Å². The molecule has 17 heavy (non-hydrogen) atoms. The molecular weight excluding hydrogens is 226 g/mol. The zero-order valence-electron chi connectivity index (χ0n) is 10.2. The Kier molecular flexibility index (Phi) is 3.66. The molecule has 0 radical (unpaired) electrons. The molecule has 0 aromatic heterocycles. The van der Waals surface area contributed by atoms with Crippen LogP contribution in [0.5, 0.6) is 0 Å². The van der Waals surface area contributed by atoms with E-state index in [1.807, 2.05) is 6.92 Å². The Morgan fingerprint density at radius 3 is 2.88 bits per heavy atom. The van der Waals surface area contributed by atoms with Gasteiger partial charge in [0.25, 0.3) is 0 Å². The van der Waals surface area contributed by atoms with E-state index in [0.29, 0.717) is 19.4 Å². The van der Waals surface area contributed by atoms with Gasteiger partial charge in [-0.15, -0.1) is 0 Å². The maximum absolute atomic E-state index is 13.3. The van der Waals surface area contributed by atoms with Gasteiger partial charge in [0.05, 0.1) is 0 Å². The first-order valence-electron chi connectivity index (χ1n) is 6.39. The van der Waals surface area contributed by atoms with Gasteiger partial charge in [0.2, 0.25) is 11.8 Å². The molecule has 3 nitrogen and oxygen atoms in total. The van der Waals surface area contributed by atoms with Crippen LogP contribution in [0.2, 0.25) is 0 Å². The molecule has 1 aliphatic carbocycles. The van der Waals surface area contributed by atoms with E-state index in [1.165, 1.54) is 0 Å². The molecule has 0 bridgehead atoms. The van der Waals surface area contributed by atoms with Crippen LogP contribution in [0.1, 0.15) is 32.6 Å². The van der Waals surface area contributed by atoms with Crippen molar-refractivity contribution >= 4 is 5.91 Å². The van der Waals surface area contributed by atoms with E-state index < -0.39 is 11.8 Å². The molecule has 0 spiro atoms. The number of carbonyl (C=O) groups excluding carboxylic acids is 1. The van der Waals surface area contributed by atoms with E-state index in [-0.39, 0.29) is 24.8 Å². The minimum atomic E-state index is -2.64. The molecule has 2 rings (SSSR count). The molecular formula is C12H20F2N2O. The predicted octanol–water partition coefficient (Wildman–Crippen LogP) is 1.63. The summed E-state index contributed by atoms with van der Waals surface area (Å²) in [4.78, 5) is 14.0. The molecule has 2 unspecified atom stereocenters. The molecule has 5 heteroatoms. The molecule has 98 valence electrons. The number of carbonyl (C=O) groups is 1. The van der Waals surface area contributed by atoms with Gasteiger partial charge in [-0.2, -0.15) is 0 Å². The Morgan fingerprint density at radius 2 is 2.24 bits per heavy atom. The zero-order chi connectivity index (χ0) is 12.5. The molecule has 1 aliphatic heterocycles. The largest absolute Gasteiger partial charge is 0.337 e. The van der Waals surface area contributed by atoms with Crippen molar-refractivity contribution in [2.75, 3.05) is 19.6 Å². The molecule has 0 aromatic carbocycles. The fraction of sp³-hybridized carbons (Fsp3) is 0.917. The number of nitrogens with zero attached hydrogens (tertiary/aromatic N) is 1. The first-order valence-corrected chi connectivity index (χ1v) is 6.39. The lowest BCUT2D eigenvalue weighted by molar-refractivity contribution is -0.145. The Hall–Kier alpha value is -0.710. The number of alkyl halides is 2. The number of hydrogen-bond donors (Lipinski definition) is 1. The van der Waals surface area contributed by atoms with Gasteiger partial charge in [-0.1, -0.05) is 0 Å². The highest BCUT2D eigenvalue weighted by atomic mass is 19.3. The molecule has 1 N–H and O–H groups in total. The maximum Gasteiger partial charge on any atom is 0.248 e. The van der Waals surface area contributed by atoms with Crippen molar-refractivity contribution in [3.8, 4) is 0 Å². The van der Waals surface area contributed by atoms with Crippen LogP contribution < -0.4 is 5.32 Å². The van der Waals surface area contributed by atoms with Crippen molar-refractivity contribution < 1.29 is 13.6 Å². The minimum absolute atomic E-state index is 0.0616. The fourth-order valence-corrected chi connectivity index (χ4v) is 2.79. The van der Waals surface area contributed by atoms with Crippen molar-refractivity contribution in [1.29, 1.82) is 0 Å². The summed E-state index contributed by atoms with van der Waals surface area (Å²) in [6.45, 7) is 4.13. The summed E-state index contributed by atoms with van der Waals surface area (Å²) in [5.41, 5.74) is 0. The third-order valence-corrected chi connectivity index (χ3v) is 3.77. The summed E-state index contributed by atoms with van der Waals surface area (Å²) in [6.07, 6.45) is 0.755. The van der Waals surface area contributed by atoms with E-state index in [4.69, 9.17) is 0 Å². The second-order valence-electron chi connectivity index (χ2n) is 5.23. The number of piperazine rings is 1.